The van der Waals surface area contributed by atoms with Gasteiger partial charge in [0.25, 0.3) is 6.43 Å². The molecular weight excluding hydrogens is 326 g/mol. The van der Waals surface area contributed by atoms with E-state index in [1.807, 2.05) is 0 Å². The number of fused-ring (bicyclic) bond motifs is 1. The van der Waals surface area contributed by atoms with Crippen LogP contribution in [0.4, 0.5) is 23.4 Å². The van der Waals surface area contributed by atoms with E-state index in [-0.39, 0.29) is 17.0 Å². The molecule has 126 valence electrons. The van der Waals surface area contributed by atoms with Crippen LogP contribution in [0.3, 0.4) is 0 Å². The van der Waals surface area contributed by atoms with E-state index in [0.717, 1.165) is 17.2 Å². The van der Waals surface area contributed by atoms with Crippen LogP contribution < -0.4 is 5.73 Å². The molecule has 1 unspecified atom stereocenters. The number of rotatable bonds is 3. The van der Waals surface area contributed by atoms with Crippen molar-refractivity contribution in [3.05, 3.63) is 12.7 Å². The van der Waals surface area contributed by atoms with E-state index in [2.05, 4.69) is 15.0 Å². The maximum atomic E-state index is 14.1. The summed E-state index contributed by atoms with van der Waals surface area (Å²) in [5.74, 6) is -4.47. The molecule has 12 heteroatoms. The number of hydrogen-bond acceptors (Lipinski definition) is 7. The van der Waals surface area contributed by atoms with Gasteiger partial charge in [-0.2, -0.15) is 8.78 Å². The number of hydrogen-bond donors (Lipinski definition) is 3. The average Bonchev–Trinajstić information content (AvgIpc) is 3.00. The number of nitrogen functional groups attached to an aromatic ring is 1. The summed E-state index contributed by atoms with van der Waals surface area (Å²) in [5.41, 5.74) is 1.96. The largest absolute Gasteiger partial charge is 0.393 e. The summed E-state index contributed by atoms with van der Waals surface area (Å²) < 4.78 is 60.0. The molecule has 3 atom stereocenters. The van der Waals surface area contributed by atoms with Crippen molar-refractivity contribution >= 4 is 17.0 Å². The molecule has 1 fully saturated rings. The third kappa shape index (κ3) is 1.91. The fourth-order valence-electron chi connectivity index (χ4n) is 2.46. The van der Waals surface area contributed by atoms with Gasteiger partial charge in [-0.1, -0.05) is 0 Å². The molecule has 0 spiro atoms. The number of nitrogens with zero attached hydrogens (tertiary/aromatic N) is 4. The fourth-order valence-corrected chi connectivity index (χ4v) is 2.46. The van der Waals surface area contributed by atoms with E-state index in [1.54, 1.807) is 0 Å². The second-order valence-corrected chi connectivity index (χ2v) is 5.01. The predicted octanol–water partition coefficient (Wildman–Crippen LogP) is -0.0703. The number of anilines is 1. The van der Waals surface area contributed by atoms with E-state index in [0.29, 0.717) is 0 Å². The van der Waals surface area contributed by atoms with Crippen molar-refractivity contribution in [3.8, 4) is 0 Å². The quantitative estimate of drug-likeness (QED) is 0.671. The Morgan fingerprint density at radius 1 is 1.35 bits per heavy atom. The standard InChI is InChI=1S/C11H11F4N5O3/c12-9(13)10(1-21)11(14,15)5(22)8(23-10)20-3-19-4-6(16)17-2-18-7(4)20/h2-3,5,8-9,21-22H,1H2,(H2,16,17,18)/t5?,8-,10+/m1/s1. The number of halogens is 4. The monoisotopic (exact) mass is 337 g/mol. The number of alkyl halides is 4. The van der Waals surface area contributed by atoms with Crippen LogP contribution in [0.1, 0.15) is 6.23 Å². The fraction of sp³-hybridized carbons (Fsp3) is 0.545. The second kappa shape index (κ2) is 4.97. The van der Waals surface area contributed by atoms with E-state index >= 15 is 0 Å². The highest BCUT2D eigenvalue weighted by Crippen LogP contribution is 2.51. The normalized spacial score (nSPS) is 30.4. The molecule has 3 heterocycles. The predicted molar refractivity (Wildman–Crippen MR) is 66.6 cm³/mol. The zero-order chi connectivity index (χ0) is 17.0. The third-order valence-electron chi connectivity index (χ3n) is 3.79. The van der Waals surface area contributed by atoms with Crippen molar-refractivity contribution in [2.75, 3.05) is 12.3 Å². The Morgan fingerprint density at radius 3 is 2.61 bits per heavy atom. The van der Waals surface area contributed by atoms with Gasteiger partial charge in [0.15, 0.2) is 23.8 Å². The van der Waals surface area contributed by atoms with Crippen LogP contribution in [0.25, 0.3) is 11.2 Å². The minimum atomic E-state index is -4.41. The lowest BCUT2D eigenvalue weighted by molar-refractivity contribution is -0.244. The molecule has 4 N–H and O–H groups in total. The van der Waals surface area contributed by atoms with Crippen LogP contribution >= 0.6 is 0 Å². The molecule has 0 bridgehead atoms. The van der Waals surface area contributed by atoms with Gasteiger partial charge >= 0.3 is 5.92 Å². The molecule has 0 amide bonds. The van der Waals surface area contributed by atoms with Gasteiger partial charge in [0.1, 0.15) is 11.8 Å². The lowest BCUT2D eigenvalue weighted by Crippen LogP contribution is -2.57. The van der Waals surface area contributed by atoms with Gasteiger partial charge in [-0.15, -0.1) is 0 Å². The molecule has 1 saturated heterocycles. The summed E-state index contributed by atoms with van der Waals surface area (Å²) in [6.07, 6.45) is -6.36. The van der Waals surface area contributed by atoms with Crippen LogP contribution in [0.5, 0.6) is 0 Å². The number of aliphatic hydroxyl groups excluding tert-OH is 2. The highest BCUT2D eigenvalue weighted by atomic mass is 19.3. The van der Waals surface area contributed by atoms with Crippen LogP contribution in [0.15, 0.2) is 12.7 Å². The van der Waals surface area contributed by atoms with Crippen molar-refractivity contribution in [3.63, 3.8) is 0 Å². The number of ether oxygens (including phenoxy) is 1. The third-order valence-corrected chi connectivity index (χ3v) is 3.79. The molecule has 2 aromatic heterocycles. The molecule has 1 aliphatic rings. The molecule has 0 saturated carbocycles. The maximum absolute atomic E-state index is 14.1. The summed E-state index contributed by atoms with van der Waals surface area (Å²) in [5, 5.41) is 18.8. The summed E-state index contributed by atoms with van der Waals surface area (Å²) in [6.45, 7) is -1.69. The summed E-state index contributed by atoms with van der Waals surface area (Å²) in [4.78, 5) is 11.2. The molecule has 1 aliphatic heterocycles. The van der Waals surface area contributed by atoms with Gasteiger partial charge in [-0.05, 0) is 0 Å². The maximum Gasteiger partial charge on any atom is 0.314 e. The lowest BCUT2D eigenvalue weighted by Gasteiger charge is -2.31. The Hall–Kier alpha value is -2.05. The number of aromatic nitrogens is 4. The van der Waals surface area contributed by atoms with E-state index in [9.17, 15) is 22.7 Å². The SMILES string of the molecule is Nc1ncnc2c1ncn2[C@@H]1O[C@@](CO)(C(F)F)C(F)(F)C1O. The number of imidazole rings is 1. The summed E-state index contributed by atoms with van der Waals surface area (Å²) in [7, 11) is 0. The smallest absolute Gasteiger partial charge is 0.314 e. The molecule has 8 nitrogen and oxygen atoms in total. The zero-order valence-electron chi connectivity index (χ0n) is 11.3. The van der Waals surface area contributed by atoms with E-state index < -0.39 is 36.9 Å². The first-order chi connectivity index (χ1) is 10.8. The summed E-state index contributed by atoms with van der Waals surface area (Å²) >= 11 is 0. The minimum Gasteiger partial charge on any atom is -0.393 e. The van der Waals surface area contributed by atoms with Gasteiger partial charge in [0.2, 0.25) is 5.60 Å². The van der Waals surface area contributed by atoms with Crippen LogP contribution in [-0.2, 0) is 4.74 Å². The van der Waals surface area contributed by atoms with Gasteiger partial charge in [-0.3, -0.25) is 4.57 Å². The first-order valence-electron chi connectivity index (χ1n) is 6.32. The molecule has 2 aromatic rings. The second-order valence-electron chi connectivity index (χ2n) is 5.01. The highest BCUT2D eigenvalue weighted by Gasteiger charge is 2.73. The number of nitrogens with two attached hydrogens (primary N) is 1. The van der Waals surface area contributed by atoms with Gasteiger partial charge in [-0.25, -0.2) is 23.7 Å². The van der Waals surface area contributed by atoms with E-state index in [4.69, 9.17) is 15.6 Å². The molecule has 0 radical (unpaired) electrons. The Bertz CT molecular complexity index is 742. The van der Waals surface area contributed by atoms with Crippen molar-refractivity contribution in [1.82, 2.24) is 19.5 Å². The van der Waals surface area contributed by atoms with Crippen molar-refractivity contribution in [1.29, 1.82) is 0 Å². The Labute approximate surface area is 125 Å². The Balaban J connectivity index is 2.12. The number of aliphatic hydroxyl groups is 2. The molecular formula is C11H11F4N5O3. The molecule has 23 heavy (non-hydrogen) atoms. The van der Waals surface area contributed by atoms with Crippen molar-refractivity contribution in [2.24, 2.45) is 0 Å². The topological polar surface area (TPSA) is 119 Å². The minimum absolute atomic E-state index is 0.0326. The first kappa shape index (κ1) is 15.8. The summed E-state index contributed by atoms with van der Waals surface area (Å²) in [6, 6.07) is 0. The van der Waals surface area contributed by atoms with E-state index in [1.165, 1.54) is 0 Å². The molecule has 0 aromatic carbocycles. The molecule has 0 aliphatic carbocycles. The van der Waals surface area contributed by atoms with Gasteiger partial charge in [0, 0.05) is 0 Å². The first-order valence-corrected chi connectivity index (χ1v) is 6.32. The van der Waals surface area contributed by atoms with Crippen LogP contribution in [0.2, 0.25) is 0 Å². The van der Waals surface area contributed by atoms with Crippen molar-refractivity contribution in [2.45, 2.75) is 30.3 Å². The Morgan fingerprint density at radius 2 is 2.04 bits per heavy atom. The van der Waals surface area contributed by atoms with Gasteiger partial charge in [0.05, 0.1) is 12.9 Å². The van der Waals surface area contributed by atoms with Crippen molar-refractivity contribution < 1.29 is 32.5 Å². The van der Waals surface area contributed by atoms with Gasteiger partial charge < -0.3 is 20.7 Å². The zero-order valence-corrected chi connectivity index (χ0v) is 11.3. The molecule has 3 rings (SSSR count). The van der Waals surface area contributed by atoms with Crippen LogP contribution in [0, 0.1) is 0 Å². The average molecular weight is 337 g/mol. The highest BCUT2D eigenvalue weighted by molar-refractivity contribution is 5.81. The Kier molecular flexibility index (Phi) is 3.42. The lowest BCUT2D eigenvalue weighted by atomic mass is 9.95. The van der Waals surface area contributed by atoms with Crippen LogP contribution in [-0.4, -0.2) is 60.4 Å².